The van der Waals surface area contributed by atoms with Crippen molar-refractivity contribution < 1.29 is 13.6 Å². The quantitative estimate of drug-likeness (QED) is 0.478. The van der Waals surface area contributed by atoms with E-state index in [2.05, 4.69) is 10.4 Å². The van der Waals surface area contributed by atoms with Crippen molar-refractivity contribution in [3.63, 3.8) is 0 Å². The summed E-state index contributed by atoms with van der Waals surface area (Å²) in [6.45, 7) is 0.692. The molecule has 2 aromatic heterocycles. The van der Waals surface area contributed by atoms with Crippen molar-refractivity contribution >= 4 is 22.8 Å². The van der Waals surface area contributed by atoms with E-state index in [1.54, 1.807) is 35.0 Å². The standard InChI is InChI=1S/C25H19F2N5O/c26-17-5-8-22(27)20(12-17)23-2-1-10-31(23)19-9-11-32-24(13-19)21(15-29-32)25(33)30-18-6-3-16(14-28)4-7-18/h3-9,11-13,15,23H,1-2,10H2,(H,30,33)/t23-/m1/s1. The Hall–Kier alpha value is -4.25. The summed E-state index contributed by atoms with van der Waals surface area (Å²) in [5, 5.41) is 16.0. The van der Waals surface area contributed by atoms with Crippen LogP contribution in [0.4, 0.5) is 20.2 Å². The smallest absolute Gasteiger partial charge is 0.259 e. The van der Waals surface area contributed by atoms with Crippen LogP contribution in [0.15, 0.2) is 67.0 Å². The van der Waals surface area contributed by atoms with E-state index < -0.39 is 11.6 Å². The van der Waals surface area contributed by atoms with Gasteiger partial charge in [-0.2, -0.15) is 10.4 Å². The number of anilines is 2. The van der Waals surface area contributed by atoms with Crippen LogP contribution in [0, 0.1) is 23.0 Å². The van der Waals surface area contributed by atoms with Gasteiger partial charge in [-0.3, -0.25) is 4.79 Å². The van der Waals surface area contributed by atoms with Crippen molar-refractivity contribution in [3.05, 3.63) is 95.3 Å². The second-order valence-electron chi connectivity index (χ2n) is 7.93. The molecule has 0 radical (unpaired) electrons. The van der Waals surface area contributed by atoms with Gasteiger partial charge in [0.1, 0.15) is 11.6 Å². The maximum Gasteiger partial charge on any atom is 0.259 e. The van der Waals surface area contributed by atoms with E-state index in [0.717, 1.165) is 24.2 Å². The van der Waals surface area contributed by atoms with Crippen molar-refractivity contribution in [2.45, 2.75) is 18.9 Å². The SMILES string of the molecule is N#Cc1ccc(NC(=O)c2cnn3ccc(N4CCC[C@@H]4c4cc(F)ccc4F)cc23)cc1. The summed E-state index contributed by atoms with van der Waals surface area (Å²) in [6.07, 6.45) is 4.79. The third-order valence-corrected chi connectivity index (χ3v) is 5.92. The predicted molar refractivity (Wildman–Crippen MR) is 120 cm³/mol. The highest BCUT2D eigenvalue weighted by molar-refractivity contribution is 6.09. The summed E-state index contributed by atoms with van der Waals surface area (Å²) in [6, 6.07) is 15.6. The minimum absolute atomic E-state index is 0.290. The van der Waals surface area contributed by atoms with Gasteiger partial charge in [0.15, 0.2) is 0 Å². The molecular weight excluding hydrogens is 424 g/mol. The summed E-state index contributed by atoms with van der Waals surface area (Å²) in [7, 11) is 0. The highest BCUT2D eigenvalue weighted by Gasteiger charge is 2.29. The van der Waals surface area contributed by atoms with Crippen molar-refractivity contribution in [1.82, 2.24) is 9.61 Å². The third kappa shape index (κ3) is 3.89. The summed E-state index contributed by atoms with van der Waals surface area (Å²) >= 11 is 0. The Balaban J connectivity index is 1.46. The van der Waals surface area contributed by atoms with E-state index in [-0.39, 0.29) is 11.9 Å². The molecule has 0 unspecified atom stereocenters. The van der Waals surface area contributed by atoms with Crippen LogP contribution < -0.4 is 10.2 Å². The lowest BCUT2D eigenvalue weighted by atomic mass is 10.0. The molecule has 0 aliphatic carbocycles. The number of benzene rings is 2. The zero-order chi connectivity index (χ0) is 22.9. The van der Waals surface area contributed by atoms with Gasteiger partial charge < -0.3 is 10.2 Å². The van der Waals surface area contributed by atoms with Crippen LogP contribution in [0.25, 0.3) is 5.52 Å². The molecule has 3 heterocycles. The normalized spacial score (nSPS) is 15.5. The Morgan fingerprint density at radius 1 is 1.12 bits per heavy atom. The lowest BCUT2D eigenvalue weighted by Crippen LogP contribution is -2.23. The van der Waals surface area contributed by atoms with Gasteiger partial charge in [-0.05, 0) is 67.4 Å². The molecule has 0 saturated carbocycles. The van der Waals surface area contributed by atoms with Crippen molar-refractivity contribution in [2.75, 3.05) is 16.8 Å². The first-order valence-corrected chi connectivity index (χ1v) is 10.5. The number of carbonyl (C=O) groups excluding carboxylic acids is 1. The fraction of sp³-hybridized carbons (Fsp3) is 0.160. The molecule has 1 saturated heterocycles. The molecule has 1 aliphatic heterocycles. The molecule has 164 valence electrons. The van der Waals surface area contributed by atoms with E-state index in [0.29, 0.717) is 40.9 Å². The number of rotatable bonds is 4. The van der Waals surface area contributed by atoms with Crippen LogP contribution in [0.5, 0.6) is 0 Å². The van der Waals surface area contributed by atoms with Gasteiger partial charge in [0.05, 0.1) is 35.0 Å². The van der Waals surface area contributed by atoms with Gasteiger partial charge in [-0.25, -0.2) is 13.3 Å². The van der Waals surface area contributed by atoms with Crippen molar-refractivity contribution in [3.8, 4) is 6.07 Å². The summed E-state index contributed by atoms with van der Waals surface area (Å²) in [5.74, 6) is -1.23. The molecule has 1 N–H and O–H groups in total. The Morgan fingerprint density at radius 3 is 2.73 bits per heavy atom. The molecule has 33 heavy (non-hydrogen) atoms. The minimum Gasteiger partial charge on any atom is -0.364 e. The topological polar surface area (TPSA) is 73.4 Å². The van der Waals surface area contributed by atoms with Crippen LogP contribution in [0.3, 0.4) is 0 Å². The van der Waals surface area contributed by atoms with Crippen LogP contribution in [-0.4, -0.2) is 22.1 Å². The molecule has 1 fully saturated rings. The van der Waals surface area contributed by atoms with E-state index >= 15 is 0 Å². The third-order valence-electron chi connectivity index (χ3n) is 5.92. The first-order chi connectivity index (χ1) is 16.0. The molecule has 5 rings (SSSR count). The van der Waals surface area contributed by atoms with Gasteiger partial charge in [-0.15, -0.1) is 0 Å². The van der Waals surface area contributed by atoms with Crippen LogP contribution in [0.2, 0.25) is 0 Å². The lowest BCUT2D eigenvalue weighted by Gasteiger charge is -2.27. The number of pyridine rings is 1. The fourth-order valence-electron chi connectivity index (χ4n) is 4.32. The number of aromatic nitrogens is 2. The van der Waals surface area contributed by atoms with Gasteiger partial charge in [0.2, 0.25) is 0 Å². The number of hydrogen-bond acceptors (Lipinski definition) is 4. The highest BCUT2D eigenvalue weighted by Crippen LogP contribution is 2.38. The molecule has 1 amide bonds. The summed E-state index contributed by atoms with van der Waals surface area (Å²) in [4.78, 5) is 14.9. The summed E-state index contributed by atoms with van der Waals surface area (Å²) < 4.78 is 29.9. The average Bonchev–Trinajstić information content (AvgIpc) is 3.48. The number of nitrogens with zero attached hydrogens (tertiary/aromatic N) is 4. The zero-order valence-electron chi connectivity index (χ0n) is 17.5. The zero-order valence-corrected chi connectivity index (χ0v) is 17.5. The fourth-order valence-corrected chi connectivity index (χ4v) is 4.32. The number of hydrogen-bond donors (Lipinski definition) is 1. The van der Waals surface area contributed by atoms with Crippen LogP contribution in [-0.2, 0) is 0 Å². The monoisotopic (exact) mass is 443 g/mol. The average molecular weight is 443 g/mol. The number of amides is 1. The highest BCUT2D eigenvalue weighted by atomic mass is 19.1. The molecule has 1 atom stereocenters. The molecular formula is C25H19F2N5O. The van der Waals surface area contributed by atoms with Gasteiger partial charge >= 0.3 is 0 Å². The molecule has 0 spiro atoms. The largest absolute Gasteiger partial charge is 0.364 e. The van der Waals surface area contributed by atoms with E-state index in [1.807, 2.05) is 23.1 Å². The molecule has 4 aromatic rings. The maximum atomic E-state index is 14.5. The van der Waals surface area contributed by atoms with Gasteiger partial charge in [0.25, 0.3) is 5.91 Å². The number of nitrogens with one attached hydrogen (secondary N) is 1. The van der Waals surface area contributed by atoms with Crippen molar-refractivity contribution in [1.29, 1.82) is 5.26 Å². The molecule has 6 nitrogen and oxygen atoms in total. The first kappa shape index (κ1) is 20.6. The number of fused-ring (bicyclic) bond motifs is 1. The second-order valence-corrected chi connectivity index (χ2v) is 7.93. The number of carbonyl (C=O) groups is 1. The lowest BCUT2D eigenvalue weighted by molar-refractivity contribution is 0.102. The Morgan fingerprint density at radius 2 is 1.94 bits per heavy atom. The number of nitriles is 1. The van der Waals surface area contributed by atoms with Crippen molar-refractivity contribution in [2.24, 2.45) is 0 Å². The predicted octanol–water partition coefficient (Wildman–Crippen LogP) is 5.08. The first-order valence-electron chi connectivity index (χ1n) is 10.5. The number of halogens is 2. The van der Waals surface area contributed by atoms with Gasteiger partial charge in [0, 0.05) is 29.7 Å². The Kier molecular flexibility index (Phi) is 5.23. The molecule has 0 bridgehead atoms. The summed E-state index contributed by atoms with van der Waals surface area (Å²) in [5.41, 5.74) is 3.19. The van der Waals surface area contributed by atoms with Gasteiger partial charge in [-0.1, -0.05) is 0 Å². The van der Waals surface area contributed by atoms with E-state index in [9.17, 15) is 13.6 Å². The van der Waals surface area contributed by atoms with E-state index in [1.165, 1.54) is 12.3 Å². The minimum atomic E-state index is -0.466. The molecule has 1 aliphatic rings. The Labute approximate surface area is 188 Å². The molecule has 2 aromatic carbocycles. The molecule has 8 heteroatoms. The second kappa shape index (κ2) is 8.36. The van der Waals surface area contributed by atoms with Crippen LogP contribution in [0.1, 0.15) is 40.4 Å². The van der Waals surface area contributed by atoms with E-state index in [4.69, 9.17) is 5.26 Å². The maximum absolute atomic E-state index is 14.5. The Bertz CT molecular complexity index is 1390. The van der Waals surface area contributed by atoms with Crippen LogP contribution >= 0.6 is 0 Å².